The molecule has 0 amide bonds. The van der Waals surface area contributed by atoms with Crippen molar-refractivity contribution in [3.8, 4) is 5.75 Å². The Morgan fingerprint density at radius 2 is 1.95 bits per heavy atom. The molecule has 0 saturated carbocycles. The molecule has 98 valence electrons. The van der Waals surface area contributed by atoms with Gasteiger partial charge in [0.2, 0.25) is 0 Å². The van der Waals surface area contributed by atoms with E-state index in [0.29, 0.717) is 10.6 Å². The fourth-order valence-corrected chi connectivity index (χ4v) is 3.49. The minimum absolute atomic E-state index is 0.0892. The first-order chi connectivity index (χ1) is 9.05. The topological polar surface area (TPSA) is 63.6 Å². The molecule has 0 saturated heterocycles. The van der Waals surface area contributed by atoms with Gasteiger partial charge in [-0.05, 0) is 17.5 Å². The van der Waals surface area contributed by atoms with Crippen LogP contribution in [0.25, 0.3) is 5.76 Å². The van der Waals surface area contributed by atoms with Gasteiger partial charge < -0.3 is 4.74 Å². The third kappa shape index (κ3) is 2.30. The summed E-state index contributed by atoms with van der Waals surface area (Å²) in [6, 6.07) is 10.8. The number of allylic oxidation sites excluding steroid dienone is 1. The number of benzene rings is 1. The fourth-order valence-electron chi connectivity index (χ4n) is 1.97. The molecule has 0 atom stereocenters. The summed E-state index contributed by atoms with van der Waals surface area (Å²) in [6.07, 6.45) is 0.141. The van der Waals surface area contributed by atoms with Gasteiger partial charge in [0.1, 0.15) is 10.7 Å². The van der Waals surface area contributed by atoms with Crippen LogP contribution in [0.2, 0.25) is 0 Å². The largest absolute Gasteiger partial charge is 0.454 e. The molecular formula is C13H10O4S2. The van der Waals surface area contributed by atoms with Gasteiger partial charge in [-0.2, -0.15) is 8.42 Å². The second-order valence-electron chi connectivity index (χ2n) is 4.09. The molecule has 19 heavy (non-hydrogen) atoms. The van der Waals surface area contributed by atoms with Crippen molar-refractivity contribution < 1.29 is 17.7 Å². The smallest absolute Gasteiger partial charge is 0.294 e. The second-order valence-corrected chi connectivity index (χ2v) is 6.48. The molecule has 4 nitrogen and oxygen atoms in total. The highest BCUT2D eigenvalue weighted by Gasteiger charge is 2.29. The molecule has 2 heterocycles. The number of fused-ring (bicyclic) bond motifs is 1. The predicted octanol–water partition coefficient (Wildman–Crippen LogP) is 2.94. The van der Waals surface area contributed by atoms with E-state index in [4.69, 9.17) is 4.74 Å². The van der Waals surface area contributed by atoms with Gasteiger partial charge in [0, 0.05) is 12.0 Å². The maximum absolute atomic E-state index is 11.5. The first kappa shape index (κ1) is 12.4. The van der Waals surface area contributed by atoms with Crippen molar-refractivity contribution in [2.45, 2.75) is 6.42 Å². The third-order valence-corrected chi connectivity index (χ3v) is 4.67. The minimum atomic E-state index is -4.28. The van der Waals surface area contributed by atoms with Crippen LogP contribution in [0.5, 0.6) is 5.75 Å². The number of ether oxygens (including phenoxy) is 1. The standard InChI is InChI=1S/C13H10O4S2/c14-19(15,16)12-8-9-4-1-2-5-10(9)17-13(12)11-6-3-7-18-11/h1-7H,8H2,(H,14,15,16). The van der Waals surface area contributed by atoms with E-state index in [9.17, 15) is 13.0 Å². The summed E-state index contributed by atoms with van der Waals surface area (Å²) in [5.74, 6) is 0.842. The van der Waals surface area contributed by atoms with Crippen LogP contribution >= 0.6 is 11.3 Å². The Morgan fingerprint density at radius 3 is 2.63 bits per heavy atom. The number of para-hydroxylation sites is 1. The maximum Gasteiger partial charge on any atom is 0.294 e. The number of thiophene rings is 1. The van der Waals surface area contributed by atoms with Crippen LogP contribution in [-0.2, 0) is 16.5 Å². The highest BCUT2D eigenvalue weighted by molar-refractivity contribution is 7.90. The summed E-state index contributed by atoms with van der Waals surface area (Å²) in [6.45, 7) is 0. The molecule has 1 N–H and O–H groups in total. The van der Waals surface area contributed by atoms with Crippen molar-refractivity contribution in [2.24, 2.45) is 0 Å². The van der Waals surface area contributed by atoms with Gasteiger partial charge in [-0.1, -0.05) is 24.3 Å². The van der Waals surface area contributed by atoms with E-state index in [1.165, 1.54) is 11.3 Å². The van der Waals surface area contributed by atoms with Gasteiger partial charge in [-0.15, -0.1) is 11.3 Å². The molecule has 3 rings (SSSR count). The predicted molar refractivity (Wildman–Crippen MR) is 73.6 cm³/mol. The molecule has 0 bridgehead atoms. The molecular weight excluding hydrogens is 284 g/mol. The second kappa shape index (κ2) is 4.48. The molecule has 1 aliphatic rings. The highest BCUT2D eigenvalue weighted by atomic mass is 32.2. The number of rotatable bonds is 2. The molecule has 6 heteroatoms. The van der Waals surface area contributed by atoms with E-state index in [1.54, 1.807) is 30.3 Å². The SMILES string of the molecule is O=S(=O)(O)C1=C(c2cccs2)Oc2ccccc2C1. The first-order valence-electron chi connectivity index (χ1n) is 5.56. The molecule has 0 aliphatic carbocycles. The molecule has 1 aliphatic heterocycles. The number of hydrogen-bond acceptors (Lipinski definition) is 4. The summed E-state index contributed by atoms with van der Waals surface area (Å²) in [4.78, 5) is 0.593. The third-order valence-electron chi connectivity index (χ3n) is 2.85. The van der Waals surface area contributed by atoms with Gasteiger partial charge in [-0.25, -0.2) is 0 Å². The molecule has 0 fully saturated rings. The van der Waals surface area contributed by atoms with Crippen LogP contribution in [0.15, 0.2) is 46.7 Å². The van der Waals surface area contributed by atoms with Crippen molar-refractivity contribution >= 4 is 27.2 Å². The Hall–Kier alpha value is -1.63. The molecule has 0 unspecified atom stereocenters. The van der Waals surface area contributed by atoms with E-state index < -0.39 is 10.1 Å². The van der Waals surface area contributed by atoms with E-state index in [0.717, 1.165) is 5.56 Å². The van der Waals surface area contributed by atoms with Crippen molar-refractivity contribution in [2.75, 3.05) is 0 Å². The van der Waals surface area contributed by atoms with E-state index in [2.05, 4.69) is 0 Å². The van der Waals surface area contributed by atoms with Gasteiger partial charge in [0.05, 0.1) is 4.88 Å². The van der Waals surface area contributed by atoms with Crippen LogP contribution in [-0.4, -0.2) is 13.0 Å². The monoisotopic (exact) mass is 294 g/mol. The van der Waals surface area contributed by atoms with Gasteiger partial charge >= 0.3 is 0 Å². The van der Waals surface area contributed by atoms with Crippen LogP contribution in [0, 0.1) is 0 Å². The summed E-state index contributed by atoms with van der Waals surface area (Å²) in [5, 5.41) is 1.83. The Morgan fingerprint density at radius 1 is 1.16 bits per heavy atom. The normalized spacial score (nSPS) is 15.0. The first-order valence-corrected chi connectivity index (χ1v) is 7.88. The van der Waals surface area contributed by atoms with Crippen molar-refractivity contribution in [1.82, 2.24) is 0 Å². The molecule has 0 spiro atoms. The highest BCUT2D eigenvalue weighted by Crippen LogP contribution is 2.37. The van der Waals surface area contributed by atoms with Gasteiger partial charge in [0.25, 0.3) is 10.1 Å². The summed E-state index contributed by atoms with van der Waals surface area (Å²) >= 11 is 1.37. The van der Waals surface area contributed by atoms with E-state index >= 15 is 0 Å². The Bertz CT molecular complexity index is 743. The van der Waals surface area contributed by atoms with Crippen LogP contribution in [0.1, 0.15) is 10.4 Å². The zero-order valence-electron chi connectivity index (χ0n) is 9.74. The van der Waals surface area contributed by atoms with Gasteiger partial charge in [-0.3, -0.25) is 4.55 Å². The summed E-state index contributed by atoms with van der Waals surface area (Å²) in [5.41, 5.74) is 0.746. The zero-order chi connectivity index (χ0) is 13.5. The lowest BCUT2D eigenvalue weighted by molar-refractivity contribution is 0.473. The van der Waals surface area contributed by atoms with Crippen molar-refractivity contribution in [1.29, 1.82) is 0 Å². The maximum atomic E-state index is 11.5. The molecule has 0 radical (unpaired) electrons. The Labute approximate surface area is 114 Å². The number of hydrogen-bond donors (Lipinski definition) is 1. The lowest BCUT2D eigenvalue weighted by atomic mass is 10.1. The van der Waals surface area contributed by atoms with E-state index in [-0.39, 0.29) is 17.1 Å². The van der Waals surface area contributed by atoms with Crippen molar-refractivity contribution in [3.63, 3.8) is 0 Å². The molecule has 1 aromatic carbocycles. The van der Waals surface area contributed by atoms with Gasteiger partial charge in [0.15, 0.2) is 5.76 Å². The van der Waals surface area contributed by atoms with Crippen LogP contribution in [0.4, 0.5) is 0 Å². The molecule has 2 aromatic rings. The van der Waals surface area contributed by atoms with Crippen molar-refractivity contribution in [3.05, 3.63) is 57.1 Å². The lowest BCUT2D eigenvalue weighted by Crippen LogP contribution is -2.15. The van der Waals surface area contributed by atoms with Crippen LogP contribution < -0.4 is 4.74 Å². The van der Waals surface area contributed by atoms with Crippen LogP contribution in [0.3, 0.4) is 0 Å². The van der Waals surface area contributed by atoms with E-state index in [1.807, 2.05) is 11.4 Å². The fraction of sp³-hybridized carbons (Fsp3) is 0.0769. The Kier molecular flexibility index (Phi) is 2.93. The quantitative estimate of drug-likeness (QED) is 0.865. The Balaban J connectivity index is 2.19. The summed E-state index contributed by atoms with van der Waals surface area (Å²) < 4.78 is 38.1. The average Bonchev–Trinajstić information content (AvgIpc) is 2.90. The summed E-state index contributed by atoms with van der Waals surface area (Å²) in [7, 11) is -4.28. The minimum Gasteiger partial charge on any atom is -0.454 e. The lowest BCUT2D eigenvalue weighted by Gasteiger charge is -2.21. The average molecular weight is 294 g/mol. The zero-order valence-corrected chi connectivity index (χ0v) is 11.4. The molecule has 1 aromatic heterocycles.